The monoisotopic (exact) mass is 228 g/mol. The second kappa shape index (κ2) is 4.36. The van der Waals surface area contributed by atoms with E-state index in [-0.39, 0.29) is 5.41 Å². The van der Waals surface area contributed by atoms with Gasteiger partial charge in [0.2, 0.25) is 0 Å². The molecule has 90 valence electrons. The molecule has 0 fully saturated rings. The number of aromatic nitrogens is 2. The lowest BCUT2D eigenvalue weighted by Gasteiger charge is -2.16. The van der Waals surface area contributed by atoms with Gasteiger partial charge < -0.3 is 0 Å². The molecule has 0 unspecified atom stereocenters. The van der Waals surface area contributed by atoms with E-state index in [1.807, 2.05) is 22.9 Å². The van der Waals surface area contributed by atoms with Crippen LogP contribution in [0.1, 0.15) is 39.0 Å². The molecule has 1 heterocycles. The largest absolute Gasteiger partial charge is 0.240 e. The van der Waals surface area contributed by atoms with Gasteiger partial charge in [0.1, 0.15) is 0 Å². The molecule has 1 aromatic carbocycles. The van der Waals surface area contributed by atoms with Gasteiger partial charge in [-0.3, -0.25) is 0 Å². The maximum atomic E-state index is 4.74. The molecule has 0 bridgehead atoms. The van der Waals surface area contributed by atoms with Gasteiger partial charge in [-0.15, -0.1) is 0 Å². The van der Waals surface area contributed by atoms with Crippen molar-refractivity contribution in [3.05, 3.63) is 47.8 Å². The Balaban J connectivity index is 2.49. The van der Waals surface area contributed by atoms with Crippen molar-refractivity contribution in [2.24, 2.45) is 0 Å². The first-order valence-electron chi connectivity index (χ1n) is 6.17. The molecule has 0 aliphatic rings. The fourth-order valence-electron chi connectivity index (χ4n) is 2.01. The molecule has 0 spiro atoms. The van der Waals surface area contributed by atoms with Crippen LogP contribution >= 0.6 is 0 Å². The Morgan fingerprint density at radius 3 is 2.24 bits per heavy atom. The third kappa shape index (κ3) is 2.41. The third-order valence-electron chi connectivity index (χ3n) is 2.90. The molecule has 0 saturated carbocycles. The minimum atomic E-state index is 0.103. The topological polar surface area (TPSA) is 17.8 Å². The number of aryl methyl sites for hydroxylation is 1. The molecule has 0 aliphatic heterocycles. The predicted octanol–water partition coefficient (Wildman–Crippen LogP) is 3.73. The Morgan fingerprint density at radius 2 is 1.76 bits per heavy atom. The fourth-order valence-corrected chi connectivity index (χ4v) is 2.01. The van der Waals surface area contributed by atoms with E-state index in [9.17, 15) is 0 Å². The van der Waals surface area contributed by atoms with Crippen molar-refractivity contribution in [3.63, 3.8) is 0 Å². The Bertz CT molecular complexity index is 489. The standard InChI is InChI=1S/C15H20N2/c1-5-12-11-17(13-9-7-6-8-10-13)16-14(12)15(2,3)4/h6-11H,5H2,1-4H3. The number of hydrogen-bond donors (Lipinski definition) is 0. The number of benzene rings is 1. The zero-order chi connectivity index (χ0) is 12.5. The second-order valence-electron chi connectivity index (χ2n) is 5.39. The minimum Gasteiger partial charge on any atom is -0.240 e. The summed E-state index contributed by atoms with van der Waals surface area (Å²) in [7, 11) is 0. The quantitative estimate of drug-likeness (QED) is 0.765. The molecule has 1 aromatic heterocycles. The van der Waals surface area contributed by atoms with E-state index in [4.69, 9.17) is 5.10 Å². The number of nitrogens with zero attached hydrogens (tertiary/aromatic N) is 2. The van der Waals surface area contributed by atoms with Crippen LogP contribution in [0.25, 0.3) is 5.69 Å². The molecule has 0 saturated heterocycles. The third-order valence-corrected chi connectivity index (χ3v) is 2.90. The maximum Gasteiger partial charge on any atom is 0.0714 e. The van der Waals surface area contributed by atoms with Crippen LogP contribution in [0, 0.1) is 0 Å². The highest BCUT2D eigenvalue weighted by atomic mass is 15.3. The van der Waals surface area contributed by atoms with Gasteiger partial charge in [0.15, 0.2) is 0 Å². The van der Waals surface area contributed by atoms with Crippen LogP contribution in [0.4, 0.5) is 0 Å². The molecule has 0 N–H and O–H groups in total. The number of rotatable bonds is 2. The van der Waals surface area contributed by atoms with Gasteiger partial charge in [0, 0.05) is 11.6 Å². The first-order valence-corrected chi connectivity index (χ1v) is 6.17. The van der Waals surface area contributed by atoms with E-state index in [2.05, 4.69) is 46.0 Å². The Kier molecular flexibility index (Phi) is 3.05. The van der Waals surface area contributed by atoms with Crippen LogP contribution in [0.2, 0.25) is 0 Å². The van der Waals surface area contributed by atoms with Gasteiger partial charge in [0.05, 0.1) is 11.4 Å². The van der Waals surface area contributed by atoms with Crippen LogP contribution < -0.4 is 0 Å². The molecular formula is C15H20N2. The van der Waals surface area contributed by atoms with Gasteiger partial charge in [-0.1, -0.05) is 45.9 Å². The summed E-state index contributed by atoms with van der Waals surface area (Å²) in [4.78, 5) is 0. The summed E-state index contributed by atoms with van der Waals surface area (Å²) >= 11 is 0. The smallest absolute Gasteiger partial charge is 0.0714 e. The van der Waals surface area contributed by atoms with Crippen molar-refractivity contribution >= 4 is 0 Å². The lowest BCUT2D eigenvalue weighted by atomic mass is 9.89. The second-order valence-corrected chi connectivity index (χ2v) is 5.39. The number of para-hydroxylation sites is 1. The Labute approximate surface area is 103 Å². The Morgan fingerprint density at radius 1 is 1.12 bits per heavy atom. The van der Waals surface area contributed by atoms with E-state index >= 15 is 0 Å². The summed E-state index contributed by atoms with van der Waals surface area (Å²) in [5.74, 6) is 0. The van der Waals surface area contributed by atoms with Gasteiger partial charge in [-0.2, -0.15) is 5.10 Å². The highest BCUT2D eigenvalue weighted by molar-refractivity contribution is 5.34. The molecule has 2 aromatic rings. The average Bonchev–Trinajstić information content (AvgIpc) is 2.74. The normalized spacial score (nSPS) is 11.8. The Hall–Kier alpha value is -1.57. The van der Waals surface area contributed by atoms with Gasteiger partial charge in [0.25, 0.3) is 0 Å². The summed E-state index contributed by atoms with van der Waals surface area (Å²) in [5.41, 5.74) is 3.76. The van der Waals surface area contributed by atoms with E-state index in [1.165, 1.54) is 11.3 Å². The van der Waals surface area contributed by atoms with E-state index in [0.29, 0.717) is 0 Å². The summed E-state index contributed by atoms with van der Waals surface area (Å²) in [6.07, 6.45) is 3.18. The fraction of sp³-hybridized carbons (Fsp3) is 0.400. The summed E-state index contributed by atoms with van der Waals surface area (Å²) in [6, 6.07) is 10.3. The first kappa shape index (κ1) is 11.9. The SMILES string of the molecule is CCc1cn(-c2ccccc2)nc1C(C)(C)C. The van der Waals surface area contributed by atoms with Crippen molar-refractivity contribution < 1.29 is 0 Å². The van der Waals surface area contributed by atoms with Crippen LogP contribution in [-0.2, 0) is 11.8 Å². The van der Waals surface area contributed by atoms with E-state index < -0.39 is 0 Å². The van der Waals surface area contributed by atoms with Crippen molar-refractivity contribution in [2.45, 2.75) is 39.5 Å². The van der Waals surface area contributed by atoms with Crippen LogP contribution in [0.3, 0.4) is 0 Å². The molecule has 17 heavy (non-hydrogen) atoms. The lowest BCUT2D eigenvalue weighted by molar-refractivity contribution is 0.555. The molecule has 0 amide bonds. The van der Waals surface area contributed by atoms with Crippen molar-refractivity contribution in [2.75, 3.05) is 0 Å². The van der Waals surface area contributed by atoms with Gasteiger partial charge >= 0.3 is 0 Å². The van der Waals surface area contributed by atoms with Crippen molar-refractivity contribution in [1.82, 2.24) is 9.78 Å². The van der Waals surface area contributed by atoms with Crippen molar-refractivity contribution in [3.8, 4) is 5.69 Å². The van der Waals surface area contributed by atoms with Crippen LogP contribution in [0.5, 0.6) is 0 Å². The first-order chi connectivity index (χ1) is 8.02. The van der Waals surface area contributed by atoms with Gasteiger partial charge in [-0.25, -0.2) is 4.68 Å². The van der Waals surface area contributed by atoms with Crippen molar-refractivity contribution in [1.29, 1.82) is 0 Å². The molecule has 2 rings (SSSR count). The van der Waals surface area contributed by atoms with Crippen LogP contribution in [-0.4, -0.2) is 9.78 Å². The molecule has 2 nitrogen and oxygen atoms in total. The molecule has 0 atom stereocenters. The summed E-state index contributed by atoms with van der Waals surface area (Å²) < 4.78 is 1.99. The molecule has 0 radical (unpaired) electrons. The zero-order valence-corrected chi connectivity index (χ0v) is 11.1. The highest BCUT2D eigenvalue weighted by Gasteiger charge is 2.21. The molecule has 2 heteroatoms. The summed E-state index contributed by atoms with van der Waals surface area (Å²) in [6.45, 7) is 8.82. The van der Waals surface area contributed by atoms with Gasteiger partial charge in [-0.05, 0) is 24.1 Å². The predicted molar refractivity (Wildman–Crippen MR) is 71.6 cm³/mol. The average molecular weight is 228 g/mol. The maximum absolute atomic E-state index is 4.74. The summed E-state index contributed by atoms with van der Waals surface area (Å²) in [5, 5.41) is 4.74. The number of hydrogen-bond acceptors (Lipinski definition) is 1. The minimum absolute atomic E-state index is 0.103. The zero-order valence-electron chi connectivity index (χ0n) is 11.1. The van der Waals surface area contributed by atoms with E-state index in [0.717, 1.165) is 12.1 Å². The molecular weight excluding hydrogens is 208 g/mol. The lowest BCUT2D eigenvalue weighted by Crippen LogP contribution is -2.14. The van der Waals surface area contributed by atoms with E-state index in [1.54, 1.807) is 0 Å². The molecule has 0 aliphatic carbocycles. The van der Waals surface area contributed by atoms with Crippen LogP contribution in [0.15, 0.2) is 36.5 Å². The highest BCUT2D eigenvalue weighted by Crippen LogP contribution is 2.25.